The Hall–Kier alpha value is -2.27. The lowest BCUT2D eigenvalue weighted by atomic mass is 10.1. The van der Waals surface area contributed by atoms with E-state index in [4.69, 9.17) is 9.47 Å². The molecule has 1 aromatic carbocycles. The van der Waals surface area contributed by atoms with E-state index in [0.29, 0.717) is 22.6 Å². The van der Waals surface area contributed by atoms with Crippen LogP contribution in [0.5, 0.6) is 17.2 Å². The number of hydrogen-bond donors (Lipinski definition) is 1. The first kappa shape index (κ1) is 14.1. The molecule has 0 saturated heterocycles. The van der Waals surface area contributed by atoms with Crippen LogP contribution in [0.2, 0.25) is 0 Å². The third kappa shape index (κ3) is 3.00. The first-order valence-electron chi connectivity index (χ1n) is 5.85. The summed E-state index contributed by atoms with van der Waals surface area (Å²) in [5.74, 6) is 0.465. The van der Waals surface area contributed by atoms with E-state index in [9.17, 15) is 9.90 Å². The summed E-state index contributed by atoms with van der Waals surface area (Å²) in [5.41, 5.74) is 1.36. The Labute approximate surface area is 120 Å². The minimum absolute atomic E-state index is 0.0590. The Morgan fingerprint density at radius 1 is 1.25 bits per heavy atom. The molecule has 0 amide bonds. The largest absolute Gasteiger partial charge is 0.502 e. The SMILES string of the molecule is COc1cc(/C=C\C(=O)c2ccsc2)cc(OC)c1O. The van der Waals surface area contributed by atoms with Gasteiger partial charge in [-0.3, -0.25) is 4.79 Å². The lowest BCUT2D eigenvalue weighted by Gasteiger charge is -2.09. The second-order valence-electron chi connectivity index (χ2n) is 3.98. The van der Waals surface area contributed by atoms with Crippen LogP contribution in [0, 0.1) is 0 Å². The van der Waals surface area contributed by atoms with Gasteiger partial charge in [0.05, 0.1) is 14.2 Å². The molecule has 0 saturated carbocycles. The average Bonchev–Trinajstić information content (AvgIpc) is 3.00. The van der Waals surface area contributed by atoms with Crippen LogP contribution < -0.4 is 9.47 Å². The van der Waals surface area contributed by atoms with Gasteiger partial charge in [-0.25, -0.2) is 0 Å². The molecule has 0 spiro atoms. The van der Waals surface area contributed by atoms with Gasteiger partial charge in [0.15, 0.2) is 17.3 Å². The Kier molecular flexibility index (Phi) is 4.42. The molecule has 4 nitrogen and oxygen atoms in total. The first-order chi connectivity index (χ1) is 9.65. The fourth-order valence-electron chi connectivity index (χ4n) is 1.68. The van der Waals surface area contributed by atoms with Crippen LogP contribution in [0.15, 0.2) is 35.0 Å². The molecule has 1 N–H and O–H groups in total. The van der Waals surface area contributed by atoms with Crippen molar-refractivity contribution in [2.45, 2.75) is 0 Å². The van der Waals surface area contributed by atoms with E-state index in [1.807, 2.05) is 5.38 Å². The summed E-state index contributed by atoms with van der Waals surface area (Å²) in [6.45, 7) is 0. The van der Waals surface area contributed by atoms with Crippen molar-refractivity contribution in [3.63, 3.8) is 0 Å². The van der Waals surface area contributed by atoms with Gasteiger partial charge in [-0.1, -0.05) is 6.08 Å². The van der Waals surface area contributed by atoms with Crippen LogP contribution in [-0.4, -0.2) is 25.1 Å². The van der Waals surface area contributed by atoms with E-state index in [1.165, 1.54) is 31.6 Å². The maximum Gasteiger partial charge on any atom is 0.200 e. The molecule has 104 valence electrons. The van der Waals surface area contributed by atoms with Crippen molar-refractivity contribution in [2.24, 2.45) is 0 Å². The molecule has 0 aliphatic rings. The number of rotatable bonds is 5. The summed E-state index contributed by atoms with van der Waals surface area (Å²) in [7, 11) is 2.91. The quantitative estimate of drug-likeness (QED) is 0.677. The minimum atomic E-state index is -0.0720. The number of ether oxygens (including phenoxy) is 2. The Morgan fingerprint density at radius 3 is 2.40 bits per heavy atom. The molecule has 1 heterocycles. The van der Waals surface area contributed by atoms with E-state index >= 15 is 0 Å². The molecule has 5 heteroatoms. The monoisotopic (exact) mass is 290 g/mol. The molecule has 0 atom stereocenters. The predicted molar refractivity (Wildman–Crippen MR) is 78.9 cm³/mol. The summed E-state index contributed by atoms with van der Waals surface area (Å²) < 4.78 is 10.1. The topological polar surface area (TPSA) is 55.8 Å². The van der Waals surface area contributed by atoms with Gasteiger partial charge < -0.3 is 14.6 Å². The van der Waals surface area contributed by atoms with Gasteiger partial charge in [0.25, 0.3) is 0 Å². The normalized spacial score (nSPS) is 10.7. The third-order valence-corrected chi connectivity index (χ3v) is 3.42. The maximum absolute atomic E-state index is 11.9. The molecule has 2 aromatic rings. The van der Waals surface area contributed by atoms with Gasteiger partial charge in [0, 0.05) is 10.9 Å². The van der Waals surface area contributed by atoms with Crippen molar-refractivity contribution in [2.75, 3.05) is 14.2 Å². The number of phenolic OH excluding ortho intramolecular Hbond substituents is 1. The zero-order valence-electron chi connectivity index (χ0n) is 11.1. The molecule has 0 aliphatic carbocycles. The second-order valence-corrected chi connectivity index (χ2v) is 4.76. The van der Waals surface area contributed by atoms with Crippen molar-refractivity contribution >= 4 is 23.2 Å². The van der Waals surface area contributed by atoms with Crippen molar-refractivity contribution in [1.82, 2.24) is 0 Å². The summed E-state index contributed by atoms with van der Waals surface area (Å²) in [4.78, 5) is 11.9. The van der Waals surface area contributed by atoms with Gasteiger partial charge in [0.1, 0.15) is 0 Å². The van der Waals surface area contributed by atoms with Crippen molar-refractivity contribution in [3.8, 4) is 17.2 Å². The molecule has 0 bridgehead atoms. The van der Waals surface area contributed by atoms with E-state index in [1.54, 1.807) is 29.7 Å². The van der Waals surface area contributed by atoms with Gasteiger partial charge in [-0.2, -0.15) is 11.3 Å². The van der Waals surface area contributed by atoms with Gasteiger partial charge >= 0.3 is 0 Å². The van der Waals surface area contributed by atoms with Gasteiger partial charge in [-0.15, -0.1) is 0 Å². The molecule has 0 unspecified atom stereocenters. The fraction of sp³-hybridized carbons (Fsp3) is 0.133. The number of phenols is 1. The molecule has 1 aromatic heterocycles. The molecular weight excluding hydrogens is 276 g/mol. The smallest absolute Gasteiger partial charge is 0.200 e. The number of methoxy groups -OCH3 is 2. The highest BCUT2D eigenvalue weighted by molar-refractivity contribution is 7.08. The van der Waals surface area contributed by atoms with Gasteiger partial charge in [0.2, 0.25) is 5.75 Å². The van der Waals surface area contributed by atoms with Crippen LogP contribution in [0.4, 0.5) is 0 Å². The number of allylic oxidation sites excluding steroid dienone is 1. The molecule has 20 heavy (non-hydrogen) atoms. The van der Waals surface area contributed by atoms with Crippen LogP contribution in [0.3, 0.4) is 0 Å². The molecule has 2 rings (SSSR count). The summed E-state index contributed by atoms with van der Waals surface area (Å²) in [5, 5.41) is 13.5. The number of hydrogen-bond acceptors (Lipinski definition) is 5. The number of carbonyl (C=O) groups excluding carboxylic acids is 1. The van der Waals surface area contributed by atoms with Crippen LogP contribution >= 0.6 is 11.3 Å². The highest BCUT2D eigenvalue weighted by Crippen LogP contribution is 2.37. The summed E-state index contributed by atoms with van der Waals surface area (Å²) in [6.07, 6.45) is 3.14. The summed E-state index contributed by atoms with van der Waals surface area (Å²) >= 11 is 1.48. The van der Waals surface area contributed by atoms with Crippen LogP contribution in [-0.2, 0) is 0 Å². The Bertz CT molecular complexity index is 604. The lowest BCUT2D eigenvalue weighted by molar-refractivity contribution is 0.104. The Balaban J connectivity index is 2.27. The zero-order chi connectivity index (χ0) is 14.5. The number of thiophene rings is 1. The number of aromatic hydroxyl groups is 1. The van der Waals surface area contributed by atoms with E-state index in [2.05, 4.69) is 0 Å². The van der Waals surface area contributed by atoms with Crippen LogP contribution in [0.25, 0.3) is 6.08 Å². The standard InChI is InChI=1S/C15H14O4S/c1-18-13-7-10(8-14(19-2)15(13)17)3-4-12(16)11-5-6-20-9-11/h3-9,17H,1-2H3/b4-3-. The highest BCUT2D eigenvalue weighted by atomic mass is 32.1. The second kappa shape index (κ2) is 6.25. The highest BCUT2D eigenvalue weighted by Gasteiger charge is 2.10. The van der Waals surface area contributed by atoms with E-state index in [0.717, 1.165) is 0 Å². The predicted octanol–water partition coefficient (Wildman–Crippen LogP) is 3.37. The lowest BCUT2D eigenvalue weighted by Crippen LogP contribution is -1.92. The Morgan fingerprint density at radius 2 is 1.90 bits per heavy atom. The molecule has 0 aliphatic heterocycles. The average molecular weight is 290 g/mol. The van der Waals surface area contributed by atoms with Crippen molar-refractivity contribution in [3.05, 3.63) is 46.2 Å². The van der Waals surface area contributed by atoms with Crippen molar-refractivity contribution in [1.29, 1.82) is 0 Å². The number of benzene rings is 1. The maximum atomic E-state index is 11.9. The zero-order valence-corrected chi connectivity index (χ0v) is 11.9. The third-order valence-electron chi connectivity index (χ3n) is 2.73. The molecule has 0 radical (unpaired) electrons. The molecule has 0 fully saturated rings. The summed E-state index contributed by atoms with van der Waals surface area (Å²) in [6, 6.07) is 5.04. The van der Waals surface area contributed by atoms with Crippen LogP contribution in [0.1, 0.15) is 15.9 Å². The van der Waals surface area contributed by atoms with E-state index < -0.39 is 0 Å². The fourth-order valence-corrected chi connectivity index (χ4v) is 2.33. The first-order valence-corrected chi connectivity index (χ1v) is 6.79. The van der Waals surface area contributed by atoms with E-state index in [-0.39, 0.29) is 11.5 Å². The minimum Gasteiger partial charge on any atom is -0.502 e. The van der Waals surface area contributed by atoms with Crippen molar-refractivity contribution < 1.29 is 19.4 Å². The number of carbonyl (C=O) groups is 1. The van der Waals surface area contributed by atoms with Gasteiger partial charge in [-0.05, 0) is 35.2 Å². The number of ketones is 1. The molecular formula is C15H14O4S.